The molecule has 0 saturated carbocycles. The van der Waals surface area contributed by atoms with E-state index in [1.807, 2.05) is 18.2 Å². The summed E-state index contributed by atoms with van der Waals surface area (Å²) in [5.41, 5.74) is 1.47. The van der Waals surface area contributed by atoms with E-state index in [1.165, 1.54) is 0 Å². The van der Waals surface area contributed by atoms with Gasteiger partial charge in [0.2, 0.25) is 6.10 Å². The van der Waals surface area contributed by atoms with Crippen molar-refractivity contribution in [2.45, 2.75) is 12.5 Å². The van der Waals surface area contributed by atoms with Crippen LogP contribution >= 0.6 is 0 Å². The maximum Gasteiger partial charge on any atom is 0.267 e. The Hall–Kier alpha value is -2.28. The van der Waals surface area contributed by atoms with Crippen LogP contribution in [0.4, 0.5) is 0 Å². The van der Waals surface area contributed by atoms with E-state index in [-0.39, 0.29) is 5.91 Å². The van der Waals surface area contributed by atoms with Gasteiger partial charge in [-0.15, -0.1) is 0 Å². The number of hydrogen-bond acceptors (Lipinski definition) is 6. The number of ether oxygens (including phenoxy) is 3. The molecule has 0 aromatic heterocycles. The first-order valence-electron chi connectivity index (χ1n) is 7.55. The summed E-state index contributed by atoms with van der Waals surface area (Å²) in [6.07, 6.45) is -0.168. The molecule has 7 heteroatoms. The molecule has 2 aliphatic rings. The molecular weight excluding hydrogens is 300 g/mol. The second kappa shape index (κ2) is 6.87. The smallest absolute Gasteiger partial charge is 0.267 e. The Morgan fingerprint density at radius 1 is 1.26 bits per heavy atom. The van der Waals surface area contributed by atoms with Crippen molar-refractivity contribution in [3.8, 4) is 11.5 Å². The fourth-order valence-corrected chi connectivity index (χ4v) is 2.77. The number of rotatable bonds is 4. The molecular formula is C16H20N2O5. The van der Waals surface area contributed by atoms with E-state index >= 15 is 0 Å². The summed E-state index contributed by atoms with van der Waals surface area (Å²) in [5, 5.41) is 4.09. The molecule has 1 unspecified atom stereocenters. The quantitative estimate of drug-likeness (QED) is 0.829. The van der Waals surface area contributed by atoms with Crippen molar-refractivity contribution >= 4 is 11.6 Å². The predicted molar refractivity (Wildman–Crippen MR) is 83.0 cm³/mol. The standard InChI is InChI=1S/C16H20N2O5/c1-20-13-5-3-4-11(15(13)21-2)12-10-14(23-17-12)16(19)18-6-8-22-9-7-18/h3-5,14H,6-10H2,1-2H3. The number of para-hydroxylation sites is 1. The molecule has 0 radical (unpaired) electrons. The fourth-order valence-electron chi connectivity index (χ4n) is 2.77. The van der Waals surface area contributed by atoms with Crippen LogP contribution in [0.25, 0.3) is 0 Å². The summed E-state index contributed by atoms with van der Waals surface area (Å²) in [6.45, 7) is 2.32. The summed E-state index contributed by atoms with van der Waals surface area (Å²) >= 11 is 0. The molecule has 0 bridgehead atoms. The zero-order valence-corrected chi connectivity index (χ0v) is 13.3. The summed E-state index contributed by atoms with van der Waals surface area (Å²) in [4.78, 5) is 19.6. The number of carbonyl (C=O) groups excluding carboxylic acids is 1. The highest BCUT2D eigenvalue weighted by Crippen LogP contribution is 2.33. The van der Waals surface area contributed by atoms with Gasteiger partial charge in [0.15, 0.2) is 11.5 Å². The summed E-state index contributed by atoms with van der Waals surface area (Å²) < 4.78 is 16.0. The van der Waals surface area contributed by atoms with Gasteiger partial charge < -0.3 is 23.9 Å². The molecule has 1 aromatic rings. The van der Waals surface area contributed by atoms with Crippen molar-refractivity contribution in [3.63, 3.8) is 0 Å². The molecule has 3 rings (SSSR count). The normalized spacial score (nSPS) is 20.7. The van der Waals surface area contributed by atoms with E-state index in [9.17, 15) is 4.79 Å². The third-order valence-electron chi connectivity index (χ3n) is 3.98. The van der Waals surface area contributed by atoms with Gasteiger partial charge in [0, 0.05) is 25.1 Å². The highest BCUT2D eigenvalue weighted by atomic mass is 16.6. The average molecular weight is 320 g/mol. The van der Waals surface area contributed by atoms with Crippen LogP contribution in [0.15, 0.2) is 23.4 Å². The van der Waals surface area contributed by atoms with E-state index in [0.29, 0.717) is 49.9 Å². The van der Waals surface area contributed by atoms with Crippen molar-refractivity contribution in [1.29, 1.82) is 0 Å². The predicted octanol–water partition coefficient (Wildman–Crippen LogP) is 1.06. The molecule has 1 atom stereocenters. The van der Waals surface area contributed by atoms with E-state index in [2.05, 4.69) is 5.16 Å². The molecule has 1 saturated heterocycles. The Balaban J connectivity index is 1.73. The molecule has 23 heavy (non-hydrogen) atoms. The van der Waals surface area contributed by atoms with Gasteiger partial charge in [-0.2, -0.15) is 0 Å². The topological polar surface area (TPSA) is 69.6 Å². The number of benzene rings is 1. The van der Waals surface area contributed by atoms with Crippen molar-refractivity contribution < 1.29 is 23.8 Å². The van der Waals surface area contributed by atoms with Gasteiger partial charge in [0.1, 0.15) is 0 Å². The number of hydrogen-bond donors (Lipinski definition) is 0. The van der Waals surface area contributed by atoms with Gasteiger partial charge in [-0.1, -0.05) is 11.2 Å². The molecule has 1 aromatic carbocycles. The third kappa shape index (κ3) is 3.10. The fraction of sp³-hybridized carbons (Fsp3) is 0.500. The molecule has 2 aliphatic heterocycles. The highest BCUT2D eigenvalue weighted by molar-refractivity contribution is 6.06. The lowest BCUT2D eigenvalue weighted by molar-refractivity contribution is -0.146. The minimum atomic E-state index is -0.584. The molecule has 1 fully saturated rings. The second-order valence-electron chi connectivity index (χ2n) is 5.31. The van der Waals surface area contributed by atoms with E-state index in [4.69, 9.17) is 19.0 Å². The molecule has 7 nitrogen and oxygen atoms in total. The maximum atomic E-state index is 12.5. The number of methoxy groups -OCH3 is 2. The number of carbonyl (C=O) groups is 1. The first kappa shape index (κ1) is 15.6. The summed E-state index contributed by atoms with van der Waals surface area (Å²) in [7, 11) is 3.16. The summed E-state index contributed by atoms with van der Waals surface area (Å²) in [5.74, 6) is 1.17. The van der Waals surface area contributed by atoms with Gasteiger partial charge in [0.25, 0.3) is 5.91 Å². The van der Waals surface area contributed by atoms with Gasteiger partial charge in [-0.05, 0) is 12.1 Å². The van der Waals surface area contributed by atoms with Gasteiger partial charge in [-0.3, -0.25) is 4.79 Å². The second-order valence-corrected chi connectivity index (χ2v) is 5.31. The Labute approximate surface area is 134 Å². The number of oxime groups is 1. The van der Waals surface area contributed by atoms with Crippen molar-refractivity contribution in [2.24, 2.45) is 5.16 Å². The van der Waals surface area contributed by atoms with Crippen LogP contribution in [0.1, 0.15) is 12.0 Å². The van der Waals surface area contributed by atoms with Gasteiger partial charge in [-0.25, -0.2) is 0 Å². The molecule has 0 spiro atoms. The lowest BCUT2D eigenvalue weighted by atomic mass is 10.0. The Morgan fingerprint density at radius 3 is 2.74 bits per heavy atom. The van der Waals surface area contributed by atoms with Gasteiger partial charge in [0.05, 0.1) is 33.1 Å². The van der Waals surface area contributed by atoms with Crippen LogP contribution in [0.5, 0.6) is 11.5 Å². The number of amides is 1. The Morgan fingerprint density at radius 2 is 2.04 bits per heavy atom. The Bertz CT molecular complexity index is 610. The monoisotopic (exact) mass is 320 g/mol. The van der Waals surface area contributed by atoms with E-state index in [1.54, 1.807) is 19.1 Å². The molecule has 2 heterocycles. The van der Waals surface area contributed by atoms with Crippen molar-refractivity contribution in [3.05, 3.63) is 23.8 Å². The largest absolute Gasteiger partial charge is 0.493 e. The lowest BCUT2D eigenvalue weighted by Gasteiger charge is -2.28. The highest BCUT2D eigenvalue weighted by Gasteiger charge is 2.34. The minimum Gasteiger partial charge on any atom is -0.493 e. The molecule has 1 amide bonds. The summed E-state index contributed by atoms with van der Waals surface area (Å²) in [6, 6.07) is 5.55. The number of morpholine rings is 1. The first-order chi connectivity index (χ1) is 11.2. The zero-order valence-electron chi connectivity index (χ0n) is 13.3. The van der Waals surface area contributed by atoms with E-state index in [0.717, 1.165) is 5.56 Å². The van der Waals surface area contributed by atoms with Crippen LogP contribution in [0.2, 0.25) is 0 Å². The molecule has 0 N–H and O–H groups in total. The van der Waals surface area contributed by atoms with Crippen LogP contribution in [0, 0.1) is 0 Å². The van der Waals surface area contributed by atoms with Crippen LogP contribution < -0.4 is 9.47 Å². The van der Waals surface area contributed by atoms with E-state index < -0.39 is 6.10 Å². The average Bonchev–Trinajstić information content (AvgIpc) is 3.10. The zero-order chi connectivity index (χ0) is 16.2. The van der Waals surface area contributed by atoms with Crippen molar-refractivity contribution in [1.82, 2.24) is 4.90 Å². The van der Waals surface area contributed by atoms with Crippen molar-refractivity contribution in [2.75, 3.05) is 40.5 Å². The minimum absolute atomic E-state index is 0.0473. The molecule has 124 valence electrons. The van der Waals surface area contributed by atoms with Crippen LogP contribution in [-0.2, 0) is 14.4 Å². The van der Waals surface area contributed by atoms with Crippen LogP contribution in [-0.4, -0.2) is 63.1 Å². The number of nitrogens with zero attached hydrogens (tertiary/aromatic N) is 2. The van der Waals surface area contributed by atoms with Gasteiger partial charge >= 0.3 is 0 Å². The van der Waals surface area contributed by atoms with Crippen LogP contribution in [0.3, 0.4) is 0 Å². The Kier molecular flexibility index (Phi) is 4.66. The third-order valence-corrected chi connectivity index (χ3v) is 3.98. The maximum absolute atomic E-state index is 12.5. The first-order valence-corrected chi connectivity index (χ1v) is 7.55. The SMILES string of the molecule is COc1cccc(C2=NOC(C(=O)N3CCOCC3)C2)c1OC. The molecule has 0 aliphatic carbocycles. The lowest BCUT2D eigenvalue weighted by Crippen LogP contribution is -2.45.